The van der Waals surface area contributed by atoms with Crippen LogP contribution in [0.5, 0.6) is 5.75 Å². The van der Waals surface area contributed by atoms with Gasteiger partial charge in [-0.05, 0) is 36.3 Å². The van der Waals surface area contributed by atoms with E-state index in [0.717, 1.165) is 54.6 Å². The highest BCUT2D eigenvalue weighted by atomic mass is 35.6. The lowest BCUT2D eigenvalue weighted by Crippen LogP contribution is -2.41. The number of nitrogens with zero attached hydrogens (tertiary/aromatic N) is 4. The number of likely N-dealkylation sites (tertiary alicyclic amines) is 1. The summed E-state index contributed by atoms with van der Waals surface area (Å²) in [6.07, 6.45) is 2.00. The van der Waals surface area contributed by atoms with Crippen LogP contribution in [0.2, 0.25) is 0 Å². The Bertz CT molecular complexity index is 1110. The van der Waals surface area contributed by atoms with Crippen molar-refractivity contribution < 1.29 is 4.74 Å². The zero-order valence-corrected chi connectivity index (χ0v) is 21.3. The number of anilines is 1. The maximum atomic E-state index is 6.19. The predicted octanol–water partition coefficient (Wildman–Crippen LogP) is 6.06. The minimum absolute atomic E-state index is 0.0946. The molecule has 0 spiro atoms. The molecule has 0 atom stereocenters. The van der Waals surface area contributed by atoms with Gasteiger partial charge in [0.25, 0.3) is 0 Å². The van der Waals surface area contributed by atoms with Crippen molar-refractivity contribution in [2.45, 2.75) is 36.5 Å². The van der Waals surface area contributed by atoms with Gasteiger partial charge in [0.05, 0.1) is 7.11 Å². The van der Waals surface area contributed by atoms with Crippen molar-refractivity contribution in [1.82, 2.24) is 19.9 Å². The van der Waals surface area contributed by atoms with Crippen molar-refractivity contribution in [2.24, 2.45) is 5.92 Å². The van der Waals surface area contributed by atoms with Crippen LogP contribution in [0.15, 0.2) is 36.4 Å². The van der Waals surface area contributed by atoms with Gasteiger partial charge < -0.3 is 15.0 Å². The van der Waals surface area contributed by atoms with E-state index in [1.165, 1.54) is 0 Å². The molecule has 1 saturated heterocycles. The van der Waals surface area contributed by atoms with Crippen LogP contribution < -0.4 is 10.1 Å². The molecule has 0 saturated carbocycles. The van der Waals surface area contributed by atoms with Gasteiger partial charge in [0.1, 0.15) is 5.75 Å². The molecular weight excluding hydrogens is 481 g/mol. The van der Waals surface area contributed by atoms with E-state index in [9.17, 15) is 0 Å². The van der Waals surface area contributed by atoms with Crippen LogP contribution in [0.1, 0.15) is 32.5 Å². The molecule has 6 nitrogen and oxygen atoms in total. The number of nitrogens with one attached hydrogen (secondary N) is 1. The van der Waals surface area contributed by atoms with Crippen LogP contribution in [0.3, 0.4) is 0 Å². The molecule has 4 rings (SSSR count). The van der Waals surface area contributed by atoms with Gasteiger partial charge in [0.2, 0.25) is 9.74 Å². The third-order valence-corrected chi connectivity index (χ3v) is 6.29. The molecule has 33 heavy (non-hydrogen) atoms. The van der Waals surface area contributed by atoms with Gasteiger partial charge in [-0.2, -0.15) is 9.97 Å². The first-order valence-electron chi connectivity index (χ1n) is 11.1. The third-order valence-electron chi connectivity index (χ3n) is 5.78. The van der Waals surface area contributed by atoms with E-state index in [4.69, 9.17) is 44.5 Å². The van der Waals surface area contributed by atoms with Crippen LogP contribution in [-0.2, 0) is 3.79 Å². The second-order valence-corrected chi connectivity index (χ2v) is 11.1. The Kier molecular flexibility index (Phi) is 7.49. The molecule has 1 aromatic heterocycles. The van der Waals surface area contributed by atoms with Gasteiger partial charge in [-0.1, -0.05) is 72.9 Å². The molecule has 3 aromatic rings. The van der Waals surface area contributed by atoms with Crippen LogP contribution in [-0.4, -0.2) is 52.6 Å². The summed E-state index contributed by atoms with van der Waals surface area (Å²) in [6.45, 7) is 7.68. The highest BCUT2D eigenvalue weighted by Gasteiger charge is 2.30. The predicted molar refractivity (Wildman–Crippen MR) is 136 cm³/mol. The number of fused-ring (bicyclic) bond motifs is 1. The van der Waals surface area contributed by atoms with Gasteiger partial charge in [-0.3, -0.25) is 0 Å². The Morgan fingerprint density at radius 3 is 2.36 bits per heavy atom. The Morgan fingerprint density at radius 2 is 1.73 bits per heavy atom. The second kappa shape index (κ2) is 10.2. The maximum absolute atomic E-state index is 6.19. The average molecular weight is 509 g/mol. The van der Waals surface area contributed by atoms with Crippen molar-refractivity contribution in [3.63, 3.8) is 0 Å². The van der Waals surface area contributed by atoms with Crippen LogP contribution in [0.4, 0.5) is 5.95 Å². The number of aromatic nitrogens is 3. The zero-order chi connectivity index (χ0) is 23.6. The Balaban J connectivity index is 1.67. The number of hydrogen-bond donors (Lipinski definition) is 1. The van der Waals surface area contributed by atoms with E-state index in [1.54, 1.807) is 7.11 Å². The van der Waals surface area contributed by atoms with Crippen molar-refractivity contribution >= 4 is 51.5 Å². The highest BCUT2D eigenvalue weighted by molar-refractivity contribution is 6.66. The normalized spacial score (nSPS) is 15.8. The summed E-state index contributed by atoms with van der Waals surface area (Å²) in [6, 6.07) is 12.0. The van der Waals surface area contributed by atoms with Gasteiger partial charge in [-0.25, -0.2) is 4.98 Å². The number of benzene rings is 2. The summed E-state index contributed by atoms with van der Waals surface area (Å²) in [7, 11) is 1.65. The highest BCUT2D eigenvalue weighted by Crippen LogP contribution is 2.38. The number of piperidine rings is 1. The van der Waals surface area contributed by atoms with Gasteiger partial charge in [0.15, 0.2) is 11.6 Å². The molecule has 1 aliphatic heterocycles. The fraction of sp³-hybridized carbons (Fsp3) is 0.458. The largest absolute Gasteiger partial charge is 0.496 e. The molecule has 0 unspecified atom stereocenters. The van der Waals surface area contributed by atoms with E-state index in [0.29, 0.717) is 17.7 Å². The Hall–Kier alpha value is -1.86. The summed E-state index contributed by atoms with van der Waals surface area (Å²) in [5.41, 5.74) is 0.819. The van der Waals surface area contributed by atoms with E-state index >= 15 is 0 Å². The molecule has 0 radical (unpaired) electrons. The first-order valence-corrected chi connectivity index (χ1v) is 12.3. The molecule has 2 aromatic carbocycles. The van der Waals surface area contributed by atoms with E-state index in [-0.39, 0.29) is 11.9 Å². The lowest BCUT2D eigenvalue weighted by Gasteiger charge is -2.33. The summed E-state index contributed by atoms with van der Waals surface area (Å²) in [5, 5.41) is 5.37. The molecule has 0 bridgehead atoms. The summed E-state index contributed by atoms with van der Waals surface area (Å²) >= 11 is 18.6. The van der Waals surface area contributed by atoms with Crippen LogP contribution in [0, 0.1) is 5.92 Å². The number of halogens is 3. The van der Waals surface area contributed by atoms with Crippen molar-refractivity contribution in [3.05, 3.63) is 42.2 Å². The third kappa shape index (κ3) is 5.80. The number of alkyl halides is 3. The fourth-order valence-corrected chi connectivity index (χ4v) is 4.54. The summed E-state index contributed by atoms with van der Waals surface area (Å²) in [5.74, 6) is 2.40. The standard InChI is InChI=1S/C24H28Cl3N5O/c1-15(2)14-32-12-10-16(11-13-32)28-23-30-21(29-22(31-23)24(25,26)27)19-8-9-20(33-3)18-7-5-4-6-17(18)19/h4-9,15-16H,10-14H2,1-3H3,(H,28,29,30,31). The van der Waals surface area contributed by atoms with Gasteiger partial charge in [-0.15, -0.1) is 0 Å². The molecule has 1 N–H and O–H groups in total. The molecule has 176 valence electrons. The number of rotatable bonds is 6. The summed E-state index contributed by atoms with van der Waals surface area (Å²) in [4.78, 5) is 16.2. The molecule has 1 fully saturated rings. The lowest BCUT2D eigenvalue weighted by molar-refractivity contribution is 0.197. The van der Waals surface area contributed by atoms with Crippen molar-refractivity contribution in [3.8, 4) is 17.1 Å². The zero-order valence-electron chi connectivity index (χ0n) is 19.0. The summed E-state index contributed by atoms with van der Waals surface area (Å²) < 4.78 is 3.75. The minimum Gasteiger partial charge on any atom is -0.496 e. The number of methoxy groups -OCH3 is 1. The van der Waals surface area contributed by atoms with Crippen molar-refractivity contribution in [2.75, 3.05) is 32.1 Å². The fourth-order valence-electron chi connectivity index (χ4n) is 4.29. The first kappa shape index (κ1) is 24.3. The average Bonchev–Trinajstić information content (AvgIpc) is 2.78. The van der Waals surface area contributed by atoms with E-state index in [1.807, 2.05) is 36.4 Å². The first-order chi connectivity index (χ1) is 15.7. The lowest BCUT2D eigenvalue weighted by atomic mass is 10.0. The molecule has 9 heteroatoms. The van der Waals surface area contributed by atoms with Crippen molar-refractivity contribution in [1.29, 1.82) is 0 Å². The van der Waals surface area contributed by atoms with Gasteiger partial charge >= 0.3 is 0 Å². The SMILES string of the molecule is COc1ccc(-c2nc(NC3CCN(CC(C)C)CC3)nc(C(Cl)(Cl)Cl)n2)c2ccccc12. The number of ether oxygens (including phenoxy) is 1. The quantitative estimate of drug-likeness (QED) is 0.408. The smallest absolute Gasteiger partial charge is 0.250 e. The minimum atomic E-state index is -1.77. The molecule has 0 aliphatic carbocycles. The topological polar surface area (TPSA) is 63.2 Å². The monoisotopic (exact) mass is 507 g/mol. The molecular formula is C24H28Cl3N5O. The molecule has 2 heterocycles. The van der Waals surface area contributed by atoms with Crippen LogP contribution in [0.25, 0.3) is 22.2 Å². The maximum Gasteiger partial charge on any atom is 0.250 e. The number of hydrogen-bond acceptors (Lipinski definition) is 6. The molecule has 1 aliphatic rings. The van der Waals surface area contributed by atoms with Crippen LogP contribution >= 0.6 is 34.8 Å². The second-order valence-electron chi connectivity index (χ2n) is 8.78. The van der Waals surface area contributed by atoms with E-state index < -0.39 is 3.79 Å². The van der Waals surface area contributed by atoms with Gasteiger partial charge in [0, 0.05) is 36.6 Å². The van der Waals surface area contributed by atoms with E-state index in [2.05, 4.69) is 34.0 Å². The Labute approximate surface area is 209 Å². The Morgan fingerprint density at radius 1 is 1.03 bits per heavy atom. The molecule has 0 amide bonds.